The summed E-state index contributed by atoms with van der Waals surface area (Å²) in [5, 5.41) is 4.65. The summed E-state index contributed by atoms with van der Waals surface area (Å²) >= 11 is 0. The van der Waals surface area contributed by atoms with E-state index in [0.29, 0.717) is 36.2 Å². The van der Waals surface area contributed by atoms with Gasteiger partial charge in [-0.25, -0.2) is 14.2 Å². The molecule has 2 fully saturated rings. The van der Waals surface area contributed by atoms with Gasteiger partial charge in [0, 0.05) is 36.3 Å². The number of fused-ring (bicyclic) bond motifs is 1. The number of anilines is 1. The number of likely N-dealkylation sites (tertiary alicyclic amines) is 1. The first-order valence-electron chi connectivity index (χ1n) is 10.3. The van der Waals surface area contributed by atoms with Gasteiger partial charge in [-0.15, -0.1) is 0 Å². The first kappa shape index (κ1) is 19.5. The van der Waals surface area contributed by atoms with Crippen LogP contribution >= 0.6 is 0 Å². The zero-order valence-electron chi connectivity index (χ0n) is 17.5. The zero-order chi connectivity index (χ0) is 21.9. The number of primary amides is 1. The number of benzene rings is 1. The minimum absolute atomic E-state index is 0.157. The van der Waals surface area contributed by atoms with E-state index in [2.05, 4.69) is 15.1 Å². The summed E-state index contributed by atoms with van der Waals surface area (Å²) in [5.74, 6) is -1.12. The molecule has 9 nitrogen and oxygen atoms in total. The third-order valence-electron chi connectivity index (χ3n) is 7.00. The SMILES string of the molecule is Cc1[nH]c2c(C(N)=O)cc(F)c(N3CCC4(CC3)CCN4C(=O)n3cncn3)c2c1C. The van der Waals surface area contributed by atoms with Crippen LogP contribution in [0, 0.1) is 19.7 Å². The number of carbonyl (C=O) groups excluding carboxylic acids is 2. The Morgan fingerprint density at radius 2 is 1.90 bits per heavy atom. The van der Waals surface area contributed by atoms with Gasteiger partial charge in [0.05, 0.1) is 16.8 Å². The molecule has 1 spiro atoms. The van der Waals surface area contributed by atoms with Crippen LogP contribution in [0.3, 0.4) is 0 Å². The first-order valence-corrected chi connectivity index (χ1v) is 10.3. The fraction of sp³-hybridized carbons (Fsp3) is 0.429. The predicted molar refractivity (Wildman–Crippen MR) is 113 cm³/mol. The van der Waals surface area contributed by atoms with Crippen LogP contribution in [-0.4, -0.2) is 61.8 Å². The van der Waals surface area contributed by atoms with Crippen LogP contribution < -0.4 is 10.6 Å². The Morgan fingerprint density at radius 1 is 1.19 bits per heavy atom. The third-order valence-corrected chi connectivity index (χ3v) is 7.00. The number of aryl methyl sites for hydroxylation is 2. The first-order chi connectivity index (χ1) is 14.8. The second kappa shape index (κ2) is 6.79. The number of aromatic nitrogens is 4. The monoisotopic (exact) mass is 425 g/mol. The Morgan fingerprint density at radius 3 is 2.48 bits per heavy atom. The van der Waals surface area contributed by atoms with E-state index in [-0.39, 0.29) is 17.1 Å². The van der Waals surface area contributed by atoms with Crippen LogP contribution in [0.5, 0.6) is 0 Å². The zero-order valence-corrected chi connectivity index (χ0v) is 17.5. The molecule has 0 saturated carbocycles. The maximum absolute atomic E-state index is 15.2. The number of amides is 2. The number of hydrogen-bond donors (Lipinski definition) is 2. The van der Waals surface area contributed by atoms with Gasteiger partial charge >= 0.3 is 6.03 Å². The van der Waals surface area contributed by atoms with Gasteiger partial charge in [-0.2, -0.15) is 9.78 Å². The molecular weight excluding hydrogens is 401 g/mol. The van der Waals surface area contributed by atoms with E-state index in [1.165, 1.54) is 23.4 Å². The summed E-state index contributed by atoms with van der Waals surface area (Å²) in [4.78, 5) is 35.6. The van der Waals surface area contributed by atoms with Crippen molar-refractivity contribution < 1.29 is 14.0 Å². The fourth-order valence-electron chi connectivity index (χ4n) is 5.04. The van der Waals surface area contributed by atoms with Crippen LogP contribution in [0.25, 0.3) is 10.9 Å². The average Bonchev–Trinajstić information content (AvgIpc) is 3.36. The Bertz CT molecular complexity index is 1190. The van der Waals surface area contributed by atoms with Crippen molar-refractivity contribution in [2.75, 3.05) is 24.5 Å². The molecule has 2 saturated heterocycles. The molecule has 0 bridgehead atoms. The minimum Gasteiger partial charge on any atom is -0.368 e. The maximum Gasteiger partial charge on any atom is 0.346 e. The topological polar surface area (TPSA) is 113 Å². The normalized spacial score (nSPS) is 17.9. The Kier molecular flexibility index (Phi) is 4.28. The lowest BCUT2D eigenvalue weighted by Crippen LogP contribution is -2.66. The van der Waals surface area contributed by atoms with Crippen molar-refractivity contribution in [1.29, 1.82) is 0 Å². The highest BCUT2D eigenvalue weighted by atomic mass is 19.1. The molecule has 4 heterocycles. The third kappa shape index (κ3) is 2.81. The Labute approximate surface area is 178 Å². The number of nitrogens with two attached hydrogens (primary N) is 1. The largest absolute Gasteiger partial charge is 0.368 e. The highest BCUT2D eigenvalue weighted by Gasteiger charge is 2.49. The quantitative estimate of drug-likeness (QED) is 0.654. The van der Waals surface area contributed by atoms with E-state index < -0.39 is 11.7 Å². The van der Waals surface area contributed by atoms with Gasteiger partial charge in [0.15, 0.2) is 0 Å². The molecule has 2 aromatic heterocycles. The van der Waals surface area contributed by atoms with E-state index >= 15 is 4.39 Å². The van der Waals surface area contributed by atoms with Crippen molar-refractivity contribution in [1.82, 2.24) is 24.6 Å². The van der Waals surface area contributed by atoms with Crippen molar-refractivity contribution in [3.8, 4) is 0 Å². The number of nitrogens with one attached hydrogen (secondary N) is 1. The molecular formula is C21H24FN7O2. The predicted octanol–water partition coefficient (Wildman–Crippen LogP) is 2.33. The van der Waals surface area contributed by atoms with Crippen molar-refractivity contribution in [3.63, 3.8) is 0 Å². The molecule has 5 rings (SSSR count). The highest BCUT2D eigenvalue weighted by molar-refractivity contribution is 6.10. The molecule has 0 radical (unpaired) electrons. The molecule has 2 amide bonds. The summed E-state index contributed by atoms with van der Waals surface area (Å²) in [5.41, 5.74) is 8.26. The molecule has 10 heteroatoms. The Hall–Kier alpha value is -3.43. The van der Waals surface area contributed by atoms with E-state index in [9.17, 15) is 9.59 Å². The van der Waals surface area contributed by atoms with Crippen LogP contribution in [0.2, 0.25) is 0 Å². The van der Waals surface area contributed by atoms with Crippen molar-refractivity contribution >= 4 is 28.5 Å². The van der Waals surface area contributed by atoms with Crippen molar-refractivity contribution in [2.24, 2.45) is 5.73 Å². The highest BCUT2D eigenvalue weighted by Crippen LogP contribution is 2.43. The van der Waals surface area contributed by atoms with Gasteiger partial charge in [0.2, 0.25) is 0 Å². The molecule has 0 aliphatic carbocycles. The molecule has 0 unspecified atom stereocenters. The summed E-state index contributed by atoms with van der Waals surface area (Å²) in [6.45, 7) is 5.70. The lowest BCUT2D eigenvalue weighted by molar-refractivity contribution is 0.00388. The van der Waals surface area contributed by atoms with Gasteiger partial charge in [0.1, 0.15) is 18.5 Å². The summed E-state index contributed by atoms with van der Waals surface area (Å²) in [7, 11) is 0. The van der Waals surface area contributed by atoms with E-state index in [1.54, 1.807) is 0 Å². The molecule has 162 valence electrons. The fourth-order valence-corrected chi connectivity index (χ4v) is 5.04. The van der Waals surface area contributed by atoms with Gasteiger partial charge in [-0.05, 0) is 44.7 Å². The molecule has 31 heavy (non-hydrogen) atoms. The minimum atomic E-state index is -0.661. The van der Waals surface area contributed by atoms with Crippen LogP contribution in [0.15, 0.2) is 18.7 Å². The van der Waals surface area contributed by atoms with Gasteiger partial charge < -0.3 is 20.5 Å². The molecule has 2 aliphatic rings. The van der Waals surface area contributed by atoms with E-state index in [1.807, 2.05) is 23.6 Å². The number of H-pyrrole nitrogens is 1. The van der Waals surface area contributed by atoms with Gasteiger partial charge in [0.25, 0.3) is 5.91 Å². The lowest BCUT2D eigenvalue weighted by atomic mass is 9.76. The summed E-state index contributed by atoms with van der Waals surface area (Å²) in [6, 6.07) is 1.05. The number of rotatable bonds is 2. The summed E-state index contributed by atoms with van der Waals surface area (Å²) in [6.07, 6.45) is 5.13. The lowest BCUT2D eigenvalue weighted by Gasteiger charge is -2.56. The molecule has 1 aromatic carbocycles. The maximum atomic E-state index is 15.2. The number of aromatic amines is 1. The van der Waals surface area contributed by atoms with E-state index in [4.69, 9.17) is 5.73 Å². The standard InChI is InChI=1S/C21H24FN7O2/c1-12-13(2)26-17-14(19(23)30)9-15(22)18(16(12)17)27-6-3-21(4-7-27)5-8-28(21)20(31)29-11-24-10-25-29/h9-11,26H,3-8H2,1-2H3,(H2,23,30). The smallest absolute Gasteiger partial charge is 0.346 e. The van der Waals surface area contributed by atoms with Crippen LogP contribution in [0.4, 0.5) is 14.9 Å². The number of nitrogens with zero attached hydrogens (tertiary/aromatic N) is 5. The molecule has 3 N–H and O–H groups in total. The second-order valence-electron chi connectivity index (χ2n) is 8.48. The second-order valence-corrected chi connectivity index (χ2v) is 8.48. The average molecular weight is 425 g/mol. The number of halogens is 1. The van der Waals surface area contributed by atoms with Crippen molar-refractivity contribution in [3.05, 3.63) is 41.4 Å². The molecule has 0 atom stereocenters. The van der Waals surface area contributed by atoms with Gasteiger partial charge in [-0.1, -0.05) is 0 Å². The van der Waals surface area contributed by atoms with E-state index in [0.717, 1.165) is 30.5 Å². The van der Waals surface area contributed by atoms with Crippen LogP contribution in [-0.2, 0) is 0 Å². The number of hydrogen-bond acceptors (Lipinski definition) is 5. The Balaban J connectivity index is 1.45. The molecule has 2 aliphatic heterocycles. The van der Waals surface area contributed by atoms with Crippen molar-refractivity contribution in [2.45, 2.75) is 38.6 Å². The van der Waals surface area contributed by atoms with Gasteiger partial charge in [-0.3, -0.25) is 4.79 Å². The van der Waals surface area contributed by atoms with Crippen LogP contribution in [0.1, 0.15) is 40.9 Å². The molecule has 3 aromatic rings. The summed E-state index contributed by atoms with van der Waals surface area (Å²) < 4.78 is 16.5. The number of piperidine rings is 1. The number of carbonyl (C=O) groups is 2.